The second-order valence-corrected chi connectivity index (χ2v) is 6.29. The Kier molecular flexibility index (Phi) is 4.97. The number of nitrogens with one attached hydrogen (secondary N) is 1. The van der Waals surface area contributed by atoms with E-state index in [-0.39, 0.29) is 11.6 Å². The Morgan fingerprint density at radius 3 is 2.72 bits per heavy atom. The first-order valence-corrected chi connectivity index (χ1v) is 8.23. The van der Waals surface area contributed by atoms with E-state index in [9.17, 15) is 9.59 Å². The van der Waals surface area contributed by atoms with E-state index in [2.05, 4.69) is 10.3 Å². The molecular weight excluding hydrogens is 320 g/mol. The first-order chi connectivity index (χ1) is 12.0. The molecule has 25 heavy (non-hydrogen) atoms. The van der Waals surface area contributed by atoms with Crippen LogP contribution in [0.3, 0.4) is 0 Å². The van der Waals surface area contributed by atoms with Crippen molar-refractivity contribution in [3.05, 3.63) is 58.9 Å². The summed E-state index contributed by atoms with van der Waals surface area (Å²) in [6, 6.07) is 8.67. The number of hydrogen-bond acceptors (Lipinski definition) is 4. The Labute approximate surface area is 145 Å². The molecule has 1 aliphatic rings. The van der Waals surface area contributed by atoms with Crippen LogP contribution in [0.25, 0.3) is 0 Å². The molecule has 0 atom stereocenters. The second kappa shape index (κ2) is 7.34. The Morgan fingerprint density at radius 1 is 1.28 bits per heavy atom. The number of aromatic carboxylic acids is 1. The Morgan fingerprint density at radius 2 is 2.08 bits per heavy atom. The standard InChI is InChI=1S/C19H20N2O4/c1-12-2-5-14(17(8-12)25-11-13-3-4-13)9-21-18(22)15-6-7-16(19(23)24)20-10-15/h2,5-8,10,13H,3-4,9,11H2,1H3,(H,21,22)(H,23,24). The number of hydrogen-bond donors (Lipinski definition) is 2. The molecule has 2 N–H and O–H groups in total. The zero-order valence-electron chi connectivity index (χ0n) is 14.0. The number of rotatable bonds is 7. The topological polar surface area (TPSA) is 88.5 Å². The van der Waals surface area contributed by atoms with Crippen LogP contribution in [0.2, 0.25) is 0 Å². The van der Waals surface area contributed by atoms with Gasteiger partial charge in [-0.2, -0.15) is 0 Å². The fourth-order valence-corrected chi connectivity index (χ4v) is 2.37. The maximum absolute atomic E-state index is 12.2. The molecule has 6 heteroatoms. The smallest absolute Gasteiger partial charge is 0.354 e. The van der Waals surface area contributed by atoms with Gasteiger partial charge in [0.2, 0.25) is 0 Å². The molecule has 2 aromatic rings. The number of pyridine rings is 1. The summed E-state index contributed by atoms with van der Waals surface area (Å²) in [5.41, 5.74) is 2.24. The predicted molar refractivity (Wildman–Crippen MR) is 91.8 cm³/mol. The van der Waals surface area contributed by atoms with Crippen molar-refractivity contribution in [3.63, 3.8) is 0 Å². The molecule has 1 saturated carbocycles. The van der Waals surface area contributed by atoms with Crippen molar-refractivity contribution in [3.8, 4) is 5.75 Å². The number of ether oxygens (including phenoxy) is 1. The molecule has 0 saturated heterocycles. The summed E-state index contributed by atoms with van der Waals surface area (Å²) in [6.07, 6.45) is 3.70. The van der Waals surface area contributed by atoms with E-state index in [1.165, 1.54) is 31.2 Å². The highest BCUT2D eigenvalue weighted by Gasteiger charge is 2.22. The lowest BCUT2D eigenvalue weighted by Crippen LogP contribution is -2.23. The van der Waals surface area contributed by atoms with Gasteiger partial charge in [0.15, 0.2) is 0 Å². The first kappa shape index (κ1) is 17.0. The summed E-state index contributed by atoms with van der Waals surface area (Å²) in [5, 5.41) is 11.7. The second-order valence-electron chi connectivity index (χ2n) is 6.29. The molecule has 0 aliphatic heterocycles. The summed E-state index contributed by atoms with van der Waals surface area (Å²) in [7, 11) is 0. The molecule has 0 spiro atoms. The van der Waals surface area contributed by atoms with Crippen LogP contribution in [0.5, 0.6) is 5.75 Å². The zero-order valence-corrected chi connectivity index (χ0v) is 14.0. The van der Waals surface area contributed by atoms with Crippen LogP contribution < -0.4 is 10.1 Å². The summed E-state index contributed by atoms with van der Waals surface area (Å²) >= 11 is 0. The summed E-state index contributed by atoms with van der Waals surface area (Å²) < 4.78 is 5.89. The van der Waals surface area contributed by atoms with Gasteiger partial charge in [-0.3, -0.25) is 4.79 Å². The van der Waals surface area contributed by atoms with Gasteiger partial charge in [0, 0.05) is 18.3 Å². The Balaban J connectivity index is 1.63. The lowest BCUT2D eigenvalue weighted by molar-refractivity contribution is 0.0689. The van der Waals surface area contributed by atoms with Crippen molar-refractivity contribution in [1.29, 1.82) is 0 Å². The molecule has 130 valence electrons. The number of carboxylic acids is 1. The molecule has 1 fully saturated rings. The summed E-state index contributed by atoms with van der Waals surface area (Å²) in [4.78, 5) is 26.8. The van der Waals surface area contributed by atoms with E-state index in [0.29, 0.717) is 24.6 Å². The lowest BCUT2D eigenvalue weighted by atomic mass is 10.1. The summed E-state index contributed by atoms with van der Waals surface area (Å²) in [6.45, 7) is 3.05. The third-order valence-electron chi connectivity index (χ3n) is 4.08. The average Bonchev–Trinajstić information content (AvgIpc) is 3.43. The van der Waals surface area contributed by atoms with Gasteiger partial charge >= 0.3 is 5.97 Å². The molecule has 1 aromatic carbocycles. The van der Waals surface area contributed by atoms with Gasteiger partial charge < -0.3 is 15.2 Å². The third-order valence-corrected chi connectivity index (χ3v) is 4.08. The van der Waals surface area contributed by atoms with E-state index in [1.807, 2.05) is 25.1 Å². The predicted octanol–water partition coefficient (Wildman–Crippen LogP) is 2.81. The number of benzene rings is 1. The number of aromatic nitrogens is 1. The highest BCUT2D eigenvalue weighted by atomic mass is 16.5. The van der Waals surface area contributed by atoms with Crippen LogP contribution in [0.1, 0.15) is 44.8 Å². The van der Waals surface area contributed by atoms with E-state index in [4.69, 9.17) is 9.84 Å². The number of carbonyl (C=O) groups excluding carboxylic acids is 1. The van der Waals surface area contributed by atoms with Gasteiger partial charge in [0.05, 0.1) is 12.2 Å². The monoisotopic (exact) mass is 340 g/mol. The third kappa shape index (κ3) is 4.56. The van der Waals surface area contributed by atoms with Crippen molar-refractivity contribution < 1.29 is 19.4 Å². The molecule has 3 rings (SSSR count). The molecule has 0 unspecified atom stereocenters. The van der Waals surface area contributed by atoms with Crippen molar-refractivity contribution in [2.24, 2.45) is 5.92 Å². The number of carboxylic acid groups (broad SMARTS) is 1. The van der Waals surface area contributed by atoms with E-state index >= 15 is 0 Å². The number of nitrogens with zero attached hydrogens (tertiary/aromatic N) is 1. The molecule has 1 heterocycles. The van der Waals surface area contributed by atoms with Crippen LogP contribution in [0, 0.1) is 12.8 Å². The van der Waals surface area contributed by atoms with Crippen molar-refractivity contribution in [1.82, 2.24) is 10.3 Å². The number of aryl methyl sites for hydroxylation is 1. The largest absolute Gasteiger partial charge is 0.493 e. The van der Waals surface area contributed by atoms with Gasteiger partial charge in [0.1, 0.15) is 11.4 Å². The van der Waals surface area contributed by atoms with Gasteiger partial charge in [-0.25, -0.2) is 9.78 Å². The van der Waals surface area contributed by atoms with Crippen LogP contribution in [-0.4, -0.2) is 28.6 Å². The molecular formula is C19H20N2O4. The fraction of sp³-hybridized carbons (Fsp3) is 0.316. The number of amides is 1. The molecule has 1 aliphatic carbocycles. The summed E-state index contributed by atoms with van der Waals surface area (Å²) in [5.74, 6) is 0.0237. The van der Waals surface area contributed by atoms with E-state index in [0.717, 1.165) is 16.9 Å². The van der Waals surface area contributed by atoms with Crippen molar-refractivity contribution in [2.45, 2.75) is 26.3 Å². The van der Waals surface area contributed by atoms with Gasteiger partial charge in [-0.1, -0.05) is 12.1 Å². The highest BCUT2D eigenvalue weighted by molar-refractivity contribution is 5.94. The van der Waals surface area contributed by atoms with Crippen LogP contribution in [-0.2, 0) is 6.54 Å². The van der Waals surface area contributed by atoms with Gasteiger partial charge in [0.25, 0.3) is 5.91 Å². The normalized spacial score (nSPS) is 13.3. The molecule has 1 aromatic heterocycles. The first-order valence-electron chi connectivity index (χ1n) is 8.23. The SMILES string of the molecule is Cc1ccc(CNC(=O)c2ccc(C(=O)O)nc2)c(OCC2CC2)c1. The molecule has 0 radical (unpaired) electrons. The minimum Gasteiger partial charge on any atom is -0.493 e. The van der Waals surface area contributed by atoms with Crippen molar-refractivity contribution in [2.75, 3.05) is 6.61 Å². The quantitative estimate of drug-likeness (QED) is 0.809. The molecule has 6 nitrogen and oxygen atoms in total. The van der Waals surface area contributed by atoms with Gasteiger partial charge in [-0.05, 0) is 49.4 Å². The molecule has 1 amide bonds. The van der Waals surface area contributed by atoms with Crippen molar-refractivity contribution >= 4 is 11.9 Å². The maximum Gasteiger partial charge on any atom is 0.354 e. The minimum atomic E-state index is -1.12. The fourth-order valence-electron chi connectivity index (χ4n) is 2.37. The number of carbonyl (C=O) groups is 2. The Bertz CT molecular complexity index is 783. The average molecular weight is 340 g/mol. The van der Waals surface area contributed by atoms with Crippen LogP contribution in [0.15, 0.2) is 36.5 Å². The maximum atomic E-state index is 12.2. The van der Waals surface area contributed by atoms with E-state index in [1.54, 1.807) is 0 Å². The zero-order chi connectivity index (χ0) is 17.8. The van der Waals surface area contributed by atoms with Crippen LogP contribution >= 0.6 is 0 Å². The van der Waals surface area contributed by atoms with Gasteiger partial charge in [-0.15, -0.1) is 0 Å². The Hall–Kier alpha value is -2.89. The minimum absolute atomic E-state index is 0.0918. The lowest BCUT2D eigenvalue weighted by Gasteiger charge is -2.13. The van der Waals surface area contributed by atoms with E-state index < -0.39 is 5.97 Å². The highest BCUT2D eigenvalue weighted by Crippen LogP contribution is 2.30. The van der Waals surface area contributed by atoms with Crippen LogP contribution in [0.4, 0.5) is 0 Å². The molecule has 0 bridgehead atoms.